The predicted molar refractivity (Wildman–Crippen MR) is 155 cm³/mol. The van der Waals surface area contributed by atoms with Gasteiger partial charge in [0, 0.05) is 22.1 Å². The number of anilines is 1. The standard InChI is InChI=1S/C27H23BrCl2N4O5/c1-38-23-8-3-15(11-24(23)39-2)9-10-31-26(36)27(37)33-34-21-7-4-17(28)12-16(21)13-22(34)25(35)32-18-5-6-19(29)20(30)14-18/h3-8,11-14H,9-10H2,1-2H3,(H,31,36)(H,32,35)(H,33,37). The van der Waals surface area contributed by atoms with Gasteiger partial charge in [-0.2, -0.15) is 0 Å². The zero-order valence-corrected chi connectivity index (χ0v) is 23.9. The van der Waals surface area contributed by atoms with Gasteiger partial charge < -0.3 is 20.1 Å². The van der Waals surface area contributed by atoms with Gasteiger partial charge in [-0.25, -0.2) is 4.68 Å². The average molecular weight is 634 g/mol. The van der Waals surface area contributed by atoms with Crippen molar-refractivity contribution >= 4 is 73.4 Å². The molecule has 0 unspecified atom stereocenters. The van der Waals surface area contributed by atoms with Crippen LogP contribution in [0.5, 0.6) is 11.5 Å². The van der Waals surface area contributed by atoms with Crippen molar-refractivity contribution in [3.05, 3.63) is 86.4 Å². The van der Waals surface area contributed by atoms with Crippen LogP contribution in [0.1, 0.15) is 16.1 Å². The summed E-state index contributed by atoms with van der Waals surface area (Å²) in [6.07, 6.45) is 0.456. The lowest BCUT2D eigenvalue weighted by Crippen LogP contribution is -2.40. The molecule has 9 nitrogen and oxygen atoms in total. The van der Waals surface area contributed by atoms with Crippen molar-refractivity contribution in [3.63, 3.8) is 0 Å². The Morgan fingerprint density at radius 1 is 0.872 bits per heavy atom. The Hall–Kier alpha value is -3.73. The smallest absolute Gasteiger partial charge is 0.328 e. The summed E-state index contributed by atoms with van der Waals surface area (Å²) in [5, 5.41) is 6.61. The molecule has 0 atom stereocenters. The third-order valence-corrected chi connectivity index (χ3v) is 6.97. The summed E-state index contributed by atoms with van der Waals surface area (Å²) in [5.74, 6) is -1.17. The average Bonchev–Trinajstić information content (AvgIpc) is 3.27. The minimum atomic E-state index is -0.939. The molecule has 0 aliphatic heterocycles. The molecule has 3 N–H and O–H groups in total. The summed E-state index contributed by atoms with van der Waals surface area (Å²) in [4.78, 5) is 38.6. The third-order valence-electron chi connectivity index (χ3n) is 5.74. The number of hydrogen-bond donors (Lipinski definition) is 3. The van der Waals surface area contributed by atoms with E-state index < -0.39 is 17.7 Å². The van der Waals surface area contributed by atoms with Gasteiger partial charge in [0.2, 0.25) is 0 Å². The molecule has 4 rings (SSSR count). The highest BCUT2D eigenvalue weighted by atomic mass is 79.9. The molecule has 1 aromatic heterocycles. The van der Waals surface area contributed by atoms with E-state index in [1.54, 1.807) is 55.6 Å². The molecule has 1 heterocycles. The summed E-state index contributed by atoms with van der Waals surface area (Å²) in [5.41, 5.74) is 4.44. The Morgan fingerprint density at radius 3 is 2.36 bits per heavy atom. The van der Waals surface area contributed by atoms with Gasteiger partial charge in [0.25, 0.3) is 5.91 Å². The van der Waals surface area contributed by atoms with Crippen LogP contribution >= 0.6 is 39.1 Å². The second-order valence-corrected chi connectivity index (χ2v) is 10.0. The first-order chi connectivity index (χ1) is 18.7. The number of amides is 3. The highest BCUT2D eigenvalue weighted by Crippen LogP contribution is 2.28. The molecule has 0 aliphatic carbocycles. The molecule has 0 bridgehead atoms. The van der Waals surface area contributed by atoms with E-state index in [4.69, 9.17) is 32.7 Å². The lowest BCUT2D eigenvalue weighted by atomic mass is 10.1. The van der Waals surface area contributed by atoms with Crippen molar-refractivity contribution in [2.24, 2.45) is 0 Å². The molecule has 12 heteroatoms. The van der Waals surface area contributed by atoms with Gasteiger partial charge in [-0.3, -0.25) is 19.8 Å². The lowest BCUT2D eigenvalue weighted by molar-refractivity contribution is -0.136. The van der Waals surface area contributed by atoms with Crippen molar-refractivity contribution in [3.8, 4) is 11.5 Å². The topological polar surface area (TPSA) is 111 Å². The first-order valence-electron chi connectivity index (χ1n) is 11.6. The quantitative estimate of drug-likeness (QED) is 0.225. The van der Waals surface area contributed by atoms with Crippen LogP contribution in [0.2, 0.25) is 10.0 Å². The van der Waals surface area contributed by atoms with Crippen molar-refractivity contribution in [2.45, 2.75) is 6.42 Å². The number of benzene rings is 3. The number of nitrogens with zero attached hydrogens (tertiary/aromatic N) is 1. The largest absolute Gasteiger partial charge is 0.493 e. The second-order valence-electron chi connectivity index (χ2n) is 8.29. The number of rotatable bonds is 8. The minimum Gasteiger partial charge on any atom is -0.493 e. The van der Waals surface area contributed by atoms with Crippen molar-refractivity contribution in [2.75, 3.05) is 31.5 Å². The summed E-state index contributed by atoms with van der Waals surface area (Å²) in [6.45, 7) is 0.200. The second kappa shape index (κ2) is 12.4. The van der Waals surface area contributed by atoms with Crippen LogP contribution in [0.4, 0.5) is 5.69 Å². The number of aromatic nitrogens is 1. The summed E-state index contributed by atoms with van der Waals surface area (Å²) in [7, 11) is 3.09. The molecule has 202 valence electrons. The number of carbonyl (C=O) groups is 3. The van der Waals surface area contributed by atoms with E-state index in [0.717, 1.165) is 10.0 Å². The Morgan fingerprint density at radius 2 is 1.64 bits per heavy atom. The van der Waals surface area contributed by atoms with Crippen LogP contribution < -0.4 is 25.5 Å². The molecular weight excluding hydrogens is 611 g/mol. The van der Waals surface area contributed by atoms with Crippen molar-refractivity contribution in [1.29, 1.82) is 0 Å². The number of methoxy groups -OCH3 is 2. The van der Waals surface area contributed by atoms with E-state index in [9.17, 15) is 14.4 Å². The molecule has 0 radical (unpaired) electrons. The van der Waals surface area contributed by atoms with Crippen molar-refractivity contribution < 1.29 is 23.9 Å². The van der Waals surface area contributed by atoms with Gasteiger partial charge in [0.05, 0.1) is 29.8 Å². The molecular formula is C27H23BrCl2N4O5. The van der Waals surface area contributed by atoms with Crippen LogP contribution in [0.25, 0.3) is 10.9 Å². The molecule has 0 spiro atoms. The minimum absolute atomic E-state index is 0.0978. The first-order valence-corrected chi connectivity index (χ1v) is 13.1. The predicted octanol–water partition coefficient (Wildman–Crippen LogP) is 5.41. The van der Waals surface area contributed by atoms with Gasteiger partial charge in [0.1, 0.15) is 5.69 Å². The zero-order chi connectivity index (χ0) is 28.1. The molecule has 3 aromatic carbocycles. The van der Waals surface area contributed by atoms with Gasteiger partial charge in [0.15, 0.2) is 11.5 Å². The van der Waals surface area contributed by atoms with Crippen LogP contribution in [0.15, 0.2) is 65.1 Å². The van der Waals surface area contributed by atoms with E-state index in [0.29, 0.717) is 39.5 Å². The highest BCUT2D eigenvalue weighted by molar-refractivity contribution is 9.10. The van der Waals surface area contributed by atoms with Crippen LogP contribution in [-0.4, -0.2) is 43.2 Å². The first kappa shape index (κ1) is 28.3. The van der Waals surface area contributed by atoms with Gasteiger partial charge in [-0.15, -0.1) is 0 Å². The van der Waals surface area contributed by atoms with E-state index in [-0.39, 0.29) is 17.3 Å². The summed E-state index contributed by atoms with van der Waals surface area (Å²) in [6, 6.07) is 16.9. The van der Waals surface area contributed by atoms with Crippen LogP contribution in [-0.2, 0) is 16.0 Å². The monoisotopic (exact) mass is 632 g/mol. The molecule has 4 aromatic rings. The molecule has 0 fully saturated rings. The fourth-order valence-corrected chi connectivity index (χ4v) is 4.51. The maximum atomic E-state index is 13.2. The Balaban J connectivity index is 1.48. The highest BCUT2D eigenvalue weighted by Gasteiger charge is 2.21. The summed E-state index contributed by atoms with van der Waals surface area (Å²) < 4.78 is 12.6. The lowest BCUT2D eigenvalue weighted by Gasteiger charge is -2.13. The van der Waals surface area contributed by atoms with E-state index in [1.165, 1.54) is 17.9 Å². The zero-order valence-electron chi connectivity index (χ0n) is 20.8. The van der Waals surface area contributed by atoms with Crippen molar-refractivity contribution in [1.82, 2.24) is 9.99 Å². The maximum Gasteiger partial charge on any atom is 0.328 e. The van der Waals surface area contributed by atoms with Gasteiger partial charge in [-0.05, 0) is 66.6 Å². The number of fused-ring (bicyclic) bond motifs is 1. The molecule has 0 aliphatic rings. The number of carbonyl (C=O) groups excluding carboxylic acids is 3. The Labute approximate surface area is 242 Å². The SMILES string of the molecule is COc1ccc(CCNC(=O)C(=O)Nn2c(C(=O)Nc3ccc(Cl)c(Cl)c3)cc3cc(Br)ccc32)cc1OC. The van der Waals surface area contributed by atoms with Crippen LogP contribution in [0, 0.1) is 0 Å². The molecule has 3 amide bonds. The van der Waals surface area contributed by atoms with Gasteiger partial charge in [-0.1, -0.05) is 45.2 Å². The number of halogens is 3. The number of ether oxygens (including phenoxy) is 2. The fraction of sp³-hybridized carbons (Fsp3) is 0.148. The van der Waals surface area contributed by atoms with Gasteiger partial charge >= 0.3 is 11.8 Å². The van der Waals surface area contributed by atoms with E-state index in [2.05, 4.69) is 32.0 Å². The number of nitrogens with one attached hydrogen (secondary N) is 3. The Kier molecular flexibility index (Phi) is 9.01. The fourth-order valence-electron chi connectivity index (χ4n) is 3.83. The number of hydrogen-bond acceptors (Lipinski definition) is 5. The van der Waals surface area contributed by atoms with E-state index >= 15 is 0 Å². The van der Waals surface area contributed by atoms with E-state index in [1.807, 2.05) is 6.07 Å². The Bertz CT molecular complexity index is 1570. The summed E-state index contributed by atoms with van der Waals surface area (Å²) >= 11 is 15.4. The third kappa shape index (κ3) is 6.65. The molecule has 0 saturated heterocycles. The molecule has 39 heavy (non-hydrogen) atoms. The molecule has 0 saturated carbocycles. The maximum absolute atomic E-state index is 13.2. The normalized spacial score (nSPS) is 10.7. The van der Waals surface area contributed by atoms with Crippen LogP contribution in [0.3, 0.4) is 0 Å².